The molecule has 5 heteroatoms. The normalized spacial score (nSPS) is 15.6. The maximum Gasteiger partial charge on any atom is 0.132 e. The molecule has 32 heavy (non-hydrogen) atoms. The molecule has 0 fully saturated rings. The third-order valence-electron chi connectivity index (χ3n) is 5.94. The van der Waals surface area contributed by atoms with Crippen LogP contribution >= 0.6 is 0 Å². The summed E-state index contributed by atoms with van der Waals surface area (Å²) in [5.74, 6) is 1.83. The first kappa shape index (κ1) is 19.9. The molecule has 4 aromatic rings. The van der Waals surface area contributed by atoms with Crippen molar-refractivity contribution in [3.8, 4) is 17.2 Å². The van der Waals surface area contributed by atoms with Crippen LogP contribution in [0, 0.1) is 0 Å². The molecule has 1 atom stereocenters. The molecule has 4 aromatic carbocycles. The SMILES string of the molecule is COc1cccc(N2N=C(c3ccc4ccccc4c3O)CC2c2ccccc2OC)c1. The number of phenols is 1. The Morgan fingerprint density at radius 3 is 2.53 bits per heavy atom. The van der Waals surface area contributed by atoms with Crippen molar-refractivity contribution in [3.63, 3.8) is 0 Å². The van der Waals surface area contributed by atoms with Crippen molar-refractivity contribution in [2.45, 2.75) is 12.5 Å². The number of phenolic OH excluding ortho intramolecular Hbond substituents is 1. The monoisotopic (exact) mass is 424 g/mol. The first-order valence-electron chi connectivity index (χ1n) is 10.5. The van der Waals surface area contributed by atoms with E-state index in [4.69, 9.17) is 14.6 Å². The van der Waals surface area contributed by atoms with E-state index in [2.05, 4.69) is 6.07 Å². The van der Waals surface area contributed by atoms with E-state index in [1.54, 1.807) is 14.2 Å². The number of benzene rings is 4. The molecule has 0 spiro atoms. The van der Waals surface area contributed by atoms with Gasteiger partial charge in [0.25, 0.3) is 0 Å². The van der Waals surface area contributed by atoms with E-state index in [1.807, 2.05) is 83.9 Å². The maximum atomic E-state index is 11.1. The first-order chi connectivity index (χ1) is 15.7. The van der Waals surface area contributed by atoms with Crippen LogP contribution in [-0.4, -0.2) is 25.0 Å². The van der Waals surface area contributed by atoms with Crippen molar-refractivity contribution in [3.05, 3.63) is 96.1 Å². The number of ether oxygens (including phenoxy) is 2. The van der Waals surface area contributed by atoms with Gasteiger partial charge < -0.3 is 14.6 Å². The highest BCUT2D eigenvalue weighted by atomic mass is 16.5. The molecule has 1 unspecified atom stereocenters. The van der Waals surface area contributed by atoms with Gasteiger partial charge in [-0.3, -0.25) is 5.01 Å². The lowest BCUT2D eigenvalue weighted by atomic mass is 9.95. The Balaban J connectivity index is 1.64. The highest BCUT2D eigenvalue weighted by molar-refractivity contribution is 6.09. The lowest BCUT2D eigenvalue weighted by Gasteiger charge is -2.25. The number of para-hydroxylation sites is 1. The predicted octanol–water partition coefficient (Wildman–Crippen LogP) is 5.92. The molecule has 1 aliphatic rings. The molecule has 0 radical (unpaired) electrons. The van der Waals surface area contributed by atoms with Crippen LogP contribution in [0.3, 0.4) is 0 Å². The summed E-state index contributed by atoms with van der Waals surface area (Å²) in [5.41, 5.74) is 3.52. The third kappa shape index (κ3) is 3.42. The zero-order valence-electron chi connectivity index (χ0n) is 18.0. The Kier molecular flexibility index (Phi) is 5.15. The highest BCUT2D eigenvalue weighted by Crippen LogP contribution is 2.42. The number of hydrogen-bond acceptors (Lipinski definition) is 5. The van der Waals surface area contributed by atoms with Crippen molar-refractivity contribution < 1.29 is 14.6 Å². The van der Waals surface area contributed by atoms with Gasteiger partial charge >= 0.3 is 0 Å². The molecule has 0 bridgehead atoms. The van der Waals surface area contributed by atoms with E-state index in [0.717, 1.165) is 44.8 Å². The van der Waals surface area contributed by atoms with Crippen molar-refractivity contribution >= 4 is 22.2 Å². The summed E-state index contributed by atoms with van der Waals surface area (Å²) in [7, 11) is 3.34. The van der Waals surface area contributed by atoms with E-state index in [9.17, 15) is 5.11 Å². The Morgan fingerprint density at radius 1 is 0.875 bits per heavy atom. The van der Waals surface area contributed by atoms with Gasteiger partial charge in [0.15, 0.2) is 0 Å². The van der Waals surface area contributed by atoms with Gasteiger partial charge in [-0.1, -0.05) is 54.6 Å². The zero-order chi connectivity index (χ0) is 22.1. The van der Waals surface area contributed by atoms with Crippen molar-refractivity contribution in [1.29, 1.82) is 0 Å². The van der Waals surface area contributed by atoms with Gasteiger partial charge in [0.2, 0.25) is 0 Å². The average molecular weight is 425 g/mol. The lowest BCUT2D eigenvalue weighted by molar-refractivity contribution is 0.405. The Labute approximate surface area is 187 Å². The summed E-state index contributed by atoms with van der Waals surface area (Å²) in [6.07, 6.45) is 0.628. The van der Waals surface area contributed by atoms with E-state index in [-0.39, 0.29) is 11.8 Å². The minimum atomic E-state index is -0.0841. The Morgan fingerprint density at radius 2 is 1.69 bits per heavy atom. The molecule has 0 saturated heterocycles. The maximum absolute atomic E-state index is 11.1. The third-order valence-corrected chi connectivity index (χ3v) is 5.94. The summed E-state index contributed by atoms with van der Waals surface area (Å²) in [6, 6.07) is 27.6. The summed E-state index contributed by atoms with van der Waals surface area (Å²) >= 11 is 0. The second kappa shape index (κ2) is 8.27. The second-order valence-corrected chi connectivity index (χ2v) is 7.74. The second-order valence-electron chi connectivity index (χ2n) is 7.74. The molecule has 1 aliphatic heterocycles. The van der Waals surface area contributed by atoms with Crippen molar-refractivity contribution in [1.82, 2.24) is 0 Å². The van der Waals surface area contributed by atoms with Crippen LogP contribution in [0.15, 0.2) is 90.0 Å². The number of fused-ring (bicyclic) bond motifs is 1. The number of methoxy groups -OCH3 is 2. The number of aromatic hydroxyl groups is 1. The topological polar surface area (TPSA) is 54.3 Å². The minimum absolute atomic E-state index is 0.0841. The van der Waals surface area contributed by atoms with E-state index < -0.39 is 0 Å². The molecule has 5 rings (SSSR count). The van der Waals surface area contributed by atoms with Crippen LogP contribution in [0.25, 0.3) is 10.8 Å². The fraction of sp³-hybridized carbons (Fsp3) is 0.148. The molecule has 160 valence electrons. The molecule has 0 aromatic heterocycles. The Hall–Kier alpha value is -3.99. The fourth-order valence-electron chi connectivity index (χ4n) is 4.34. The van der Waals surface area contributed by atoms with Crippen LogP contribution in [0.4, 0.5) is 5.69 Å². The molecule has 1 N–H and O–H groups in total. The fourth-order valence-corrected chi connectivity index (χ4v) is 4.34. The molecule has 1 heterocycles. The highest BCUT2D eigenvalue weighted by Gasteiger charge is 2.33. The summed E-state index contributed by atoms with van der Waals surface area (Å²) < 4.78 is 11.1. The number of nitrogens with zero attached hydrogens (tertiary/aromatic N) is 2. The lowest BCUT2D eigenvalue weighted by Crippen LogP contribution is -2.19. The van der Waals surface area contributed by atoms with E-state index in [0.29, 0.717) is 6.42 Å². The molecular formula is C27H24N2O3. The number of rotatable bonds is 5. The Bertz CT molecular complexity index is 1320. The van der Waals surface area contributed by atoms with E-state index in [1.165, 1.54) is 0 Å². The largest absolute Gasteiger partial charge is 0.507 e. The predicted molar refractivity (Wildman–Crippen MR) is 128 cm³/mol. The number of hydrogen-bond donors (Lipinski definition) is 1. The molecule has 0 amide bonds. The van der Waals surface area contributed by atoms with Crippen LogP contribution in [0.2, 0.25) is 0 Å². The summed E-state index contributed by atoms with van der Waals surface area (Å²) in [4.78, 5) is 0. The first-order valence-corrected chi connectivity index (χ1v) is 10.5. The zero-order valence-corrected chi connectivity index (χ0v) is 18.0. The number of anilines is 1. The van der Waals surface area contributed by atoms with Crippen LogP contribution in [-0.2, 0) is 0 Å². The van der Waals surface area contributed by atoms with Crippen LogP contribution in [0.1, 0.15) is 23.6 Å². The molecule has 0 aliphatic carbocycles. The minimum Gasteiger partial charge on any atom is -0.507 e. The van der Waals surface area contributed by atoms with Gasteiger partial charge in [0.05, 0.1) is 31.7 Å². The van der Waals surface area contributed by atoms with Gasteiger partial charge in [0, 0.05) is 29.0 Å². The van der Waals surface area contributed by atoms with Gasteiger partial charge in [-0.15, -0.1) is 0 Å². The molecule has 5 nitrogen and oxygen atoms in total. The van der Waals surface area contributed by atoms with Crippen molar-refractivity contribution in [2.75, 3.05) is 19.2 Å². The average Bonchev–Trinajstić information content (AvgIpc) is 3.29. The molecular weight excluding hydrogens is 400 g/mol. The van der Waals surface area contributed by atoms with Gasteiger partial charge in [0.1, 0.15) is 17.2 Å². The van der Waals surface area contributed by atoms with Crippen molar-refractivity contribution in [2.24, 2.45) is 5.10 Å². The van der Waals surface area contributed by atoms with Gasteiger partial charge in [-0.05, 0) is 29.7 Å². The van der Waals surface area contributed by atoms with Crippen LogP contribution in [0.5, 0.6) is 17.2 Å². The molecule has 0 saturated carbocycles. The van der Waals surface area contributed by atoms with Gasteiger partial charge in [-0.25, -0.2) is 0 Å². The summed E-state index contributed by atoms with van der Waals surface area (Å²) in [6.45, 7) is 0. The van der Waals surface area contributed by atoms with E-state index >= 15 is 0 Å². The van der Waals surface area contributed by atoms with Crippen LogP contribution < -0.4 is 14.5 Å². The number of hydrazone groups is 1. The smallest absolute Gasteiger partial charge is 0.132 e. The van der Waals surface area contributed by atoms with Gasteiger partial charge in [-0.2, -0.15) is 5.10 Å². The standard InChI is InChI=1S/C27H24N2O3/c1-31-20-10-7-9-19(16-20)29-25(23-12-5-6-13-26(23)32-2)17-24(28-29)22-15-14-18-8-3-4-11-21(18)27(22)30/h3-16,25,30H,17H2,1-2H3. The quantitative estimate of drug-likeness (QED) is 0.432. The summed E-state index contributed by atoms with van der Waals surface area (Å²) in [5, 5.41) is 19.9.